The summed E-state index contributed by atoms with van der Waals surface area (Å²) in [6.07, 6.45) is -7.18. The Bertz CT molecular complexity index is 997. The molecule has 11 nitrogen and oxygen atoms in total. The van der Waals surface area contributed by atoms with Crippen LogP contribution in [0.25, 0.3) is 0 Å². The van der Waals surface area contributed by atoms with Gasteiger partial charge in [-0.05, 0) is 24.1 Å². The molecule has 5 atom stereocenters. The van der Waals surface area contributed by atoms with Gasteiger partial charge in [0.05, 0.1) is 6.61 Å². The highest BCUT2D eigenvalue weighted by molar-refractivity contribution is 6.01. The van der Waals surface area contributed by atoms with Crippen LogP contribution in [0.3, 0.4) is 0 Å². The van der Waals surface area contributed by atoms with Crippen molar-refractivity contribution in [2.75, 3.05) is 6.61 Å². The highest BCUT2D eigenvalue weighted by atomic mass is 16.7. The topological polar surface area (TPSA) is 183 Å². The lowest BCUT2D eigenvalue weighted by Crippen LogP contribution is -2.61. The van der Waals surface area contributed by atoms with Gasteiger partial charge in [-0.3, -0.25) is 9.59 Å². The van der Waals surface area contributed by atoms with Crippen molar-refractivity contribution >= 4 is 11.8 Å². The van der Waals surface area contributed by atoms with Crippen LogP contribution in [0.4, 0.5) is 0 Å². The Labute approximate surface area is 194 Å². The van der Waals surface area contributed by atoms with Crippen molar-refractivity contribution in [2.45, 2.75) is 50.5 Å². The van der Waals surface area contributed by atoms with Crippen LogP contribution in [-0.2, 0) is 20.7 Å². The fraction of sp³-hybridized carbons (Fsp3) is 0.391. The average molecular weight is 478 g/mol. The van der Waals surface area contributed by atoms with Gasteiger partial charge in [-0.2, -0.15) is 0 Å². The monoisotopic (exact) mass is 478 g/mol. The zero-order valence-corrected chi connectivity index (χ0v) is 18.2. The first-order valence-electron chi connectivity index (χ1n) is 10.4. The third-order valence-corrected chi connectivity index (χ3v) is 5.30. The van der Waals surface area contributed by atoms with Crippen LogP contribution in [0.1, 0.15) is 29.3 Å². The first-order valence-corrected chi connectivity index (χ1v) is 10.4. The Balaban J connectivity index is 1.76. The largest absolute Gasteiger partial charge is 0.508 e. The number of aliphatic hydroxyl groups excluding tert-OH is 3. The Morgan fingerprint density at radius 3 is 2.18 bits per heavy atom. The Kier molecular flexibility index (Phi) is 7.94. The summed E-state index contributed by atoms with van der Waals surface area (Å²) in [5.74, 6) is -2.59. The van der Waals surface area contributed by atoms with Crippen molar-refractivity contribution in [1.82, 2.24) is 0 Å². The van der Waals surface area contributed by atoms with Crippen molar-refractivity contribution in [3.05, 3.63) is 47.5 Å². The molecule has 0 saturated carbocycles. The standard InChI is InChI=1S/C23H26O11/c1-11(25)32-22-21(31)20(30)18(10-24)34-23(22)33-14-8-16(28)19(17(29)9-14)15(27)7-4-12-2-5-13(26)6-3-12/h2-3,5-6,8-9,18,20-24,26,28-31H,4,7,10H2,1H3/t18?,20-,21+,22?,23-/m1/s1. The van der Waals surface area contributed by atoms with Crippen LogP contribution in [0.15, 0.2) is 36.4 Å². The number of ether oxygens (including phenoxy) is 3. The van der Waals surface area contributed by atoms with E-state index in [-0.39, 0.29) is 23.5 Å². The van der Waals surface area contributed by atoms with Crippen molar-refractivity contribution in [3.63, 3.8) is 0 Å². The van der Waals surface area contributed by atoms with Gasteiger partial charge in [0.15, 0.2) is 11.9 Å². The smallest absolute Gasteiger partial charge is 0.303 e. The molecule has 3 rings (SSSR count). The maximum absolute atomic E-state index is 12.6. The molecule has 0 spiro atoms. The minimum absolute atomic E-state index is 0.0331. The first-order chi connectivity index (χ1) is 16.1. The summed E-state index contributed by atoms with van der Waals surface area (Å²) in [5.41, 5.74) is 0.450. The quantitative estimate of drug-likeness (QED) is 0.228. The summed E-state index contributed by atoms with van der Waals surface area (Å²) in [6.45, 7) is 0.403. The molecule has 0 amide bonds. The number of ketones is 1. The second kappa shape index (κ2) is 10.7. The van der Waals surface area contributed by atoms with Gasteiger partial charge < -0.3 is 44.8 Å². The lowest BCUT2D eigenvalue weighted by Gasteiger charge is -2.41. The predicted molar refractivity (Wildman–Crippen MR) is 114 cm³/mol. The molecule has 0 bridgehead atoms. The molecule has 1 heterocycles. The normalized spacial score (nSPS) is 24.4. The van der Waals surface area contributed by atoms with Gasteiger partial charge in [0.2, 0.25) is 6.29 Å². The van der Waals surface area contributed by atoms with Crippen molar-refractivity contribution in [1.29, 1.82) is 0 Å². The number of hydrogen-bond acceptors (Lipinski definition) is 11. The molecule has 34 heavy (non-hydrogen) atoms. The summed E-state index contributed by atoms with van der Waals surface area (Å²) < 4.78 is 15.9. The van der Waals surface area contributed by atoms with Gasteiger partial charge >= 0.3 is 5.97 Å². The molecular weight excluding hydrogens is 452 g/mol. The van der Waals surface area contributed by atoms with E-state index >= 15 is 0 Å². The molecule has 2 aromatic rings. The van der Waals surface area contributed by atoms with Gasteiger partial charge in [0.1, 0.15) is 46.9 Å². The zero-order chi connectivity index (χ0) is 25.0. The Hall–Kier alpha value is -3.38. The molecular formula is C23H26O11. The number of esters is 1. The van der Waals surface area contributed by atoms with E-state index in [1.807, 2.05) is 0 Å². The van der Waals surface area contributed by atoms with Crippen LogP contribution in [0, 0.1) is 0 Å². The van der Waals surface area contributed by atoms with Crippen LogP contribution in [0.5, 0.6) is 23.0 Å². The molecule has 1 aliphatic rings. The molecule has 11 heteroatoms. The molecule has 1 fully saturated rings. The SMILES string of the molecule is CC(=O)OC1[C@H](Oc2cc(O)c(C(=O)CCc3ccc(O)cc3)c(O)c2)OC(CO)[C@@H](O)[C@@H]1O. The summed E-state index contributed by atoms with van der Waals surface area (Å²) in [6, 6.07) is 8.32. The number of Topliss-reactive ketones (excluding diaryl/α,β-unsaturated/α-hetero) is 1. The van der Waals surface area contributed by atoms with E-state index in [2.05, 4.69) is 0 Å². The third kappa shape index (κ3) is 5.75. The number of phenolic OH excluding ortho intramolecular Hbond substituents is 3. The molecule has 1 saturated heterocycles. The Morgan fingerprint density at radius 1 is 1.00 bits per heavy atom. The van der Waals surface area contributed by atoms with Gasteiger partial charge in [-0.25, -0.2) is 0 Å². The van der Waals surface area contributed by atoms with E-state index in [4.69, 9.17) is 14.2 Å². The molecule has 2 aromatic carbocycles. The number of aliphatic hydroxyl groups is 3. The molecule has 2 unspecified atom stereocenters. The summed E-state index contributed by atoms with van der Waals surface area (Å²) in [5, 5.41) is 59.7. The molecule has 1 aliphatic heterocycles. The number of phenols is 3. The van der Waals surface area contributed by atoms with E-state index < -0.39 is 60.6 Å². The van der Waals surface area contributed by atoms with Gasteiger partial charge in [0, 0.05) is 25.5 Å². The fourth-order valence-electron chi connectivity index (χ4n) is 3.59. The fourth-order valence-corrected chi connectivity index (χ4v) is 3.59. The van der Waals surface area contributed by atoms with E-state index in [1.165, 1.54) is 12.1 Å². The number of benzene rings is 2. The third-order valence-electron chi connectivity index (χ3n) is 5.30. The number of rotatable bonds is 8. The minimum atomic E-state index is -1.65. The number of carbonyl (C=O) groups excluding carboxylic acids is 2. The number of carbonyl (C=O) groups is 2. The maximum Gasteiger partial charge on any atom is 0.303 e. The average Bonchev–Trinajstić information content (AvgIpc) is 2.77. The predicted octanol–water partition coefficient (Wildman–Crippen LogP) is 0.368. The second-order valence-corrected chi connectivity index (χ2v) is 7.82. The molecule has 0 aromatic heterocycles. The van der Waals surface area contributed by atoms with Gasteiger partial charge in [-0.1, -0.05) is 12.1 Å². The number of aromatic hydroxyl groups is 3. The van der Waals surface area contributed by atoms with Crippen molar-refractivity contribution < 1.29 is 54.4 Å². The highest BCUT2D eigenvalue weighted by Crippen LogP contribution is 2.35. The molecule has 0 radical (unpaired) electrons. The van der Waals surface area contributed by atoms with Gasteiger partial charge in [0.25, 0.3) is 0 Å². The van der Waals surface area contributed by atoms with E-state index in [0.717, 1.165) is 24.6 Å². The van der Waals surface area contributed by atoms with Crippen molar-refractivity contribution in [3.8, 4) is 23.0 Å². The van der Waals surface area contributed by atoms with E-state index in [0.29, 0.717) is 6.42 Å². The maximum atomic E-state index is 12.6. The van der Waals surface area contributed by atoms with Crippen LogP contribution < -0.4 is 4.74 Å². The summed E-state index contributed by atoms with van der Waals surface area (Å²) in [4.78, 5) is 24.0. The van der Waals surface area contributed by atoms with Gasteiger partial charge in [-0.15, -0.1) is 0 Å². The van der Waals surface area contributed by atoms with E-state index in [1.54, 1.807) is 12.1 Å². The number of aryl methyl sites for hydroxylation is 1. The molecule has 184 valence electrons. The molecule has 0 aliphatic carbocycles. The first kappa shape index (κ1) is 25.2. The lowest BCUT2D eigenvalue weighted by molar-refractivity contribution is -0.281. The second-order valence-electron chi connectivity index (χ2n) is 7.82. The van der Waals surface area contributed by atoms with E-state index in [9.17, 15) is 40.2 Å². The summed E-state index contributed by atoms with van der Waals surface area (Å²) in [7, 11) is 0. The Morgan fingerprint density at radius 2 is 1.62 bits per heavy atom. The molecule has 6 N–H and O–H groups in total. The van der Waals surface area contributed by atoms with Crippen LogP contribution in [0.2, 0.25) is 0 Å². The highest BCUT2D eigenvalue weighted by Gasteiger charge is 2.47. The zero-order valence-electron chi connectivity index (χ0n) is 18.2. The summed E-state index contributed by atoms with van der Waals surface area (Å²) >= 11 is 0. The minimum Gasteiger partial charge on any atom is -0.508 e. The van der Waals surface area contributed by atoms with Crippen LogP contribution in [-0.4, -0.2) is 79.7 Å². The number of hydrogen-bond donors (Lipinski definition) is 6. The van der Waals surface area contributed by atoms with Crippen LogP contribution >= 0.6 is 0 Å². The lowest BCUT2D eigenvalue weighted by atomic mass is 9.99. The van der Waals surface area contributed by atoms with Crippen molar-refractivity contribution in [2.24, 2.45) is 0 Å².